The molecule has 2 aromatic rings. The lowest BCUT2D eigenvalue weighted by molar-refractivity contribution is 0.0597. The number of ether oxygens (including phenoxy) is 1. The molecular weight excluding hydrogens is 260 g/mol. The van der Waals surface area contributed by atoms with Crippen LogP contribution in [0.4, 0.5) is 0 Å². The van der Waals surface area contributed by atoms with Crippen molar-refractivity contribution in [3.8, 4) is 5.75 Å². The maximum absolute atomic E-state index is 11.7. The quantitative estimate of drug-likeness (QED) is 0.827. The van der Waals surface area contributed by atoms with E-state index in [-0.39, 0.29) is 28.4 Å². The zero-order valence-corrected chi connectivity index (χ0v) is 11.1. The molecule has 1 heterocycles. The average molecular weight is 274 g/mol. The molecule has 0 bridgehead atoms. The van der Waals surface area contributed by atoms with E-state index in [0.717, 1.165) is 0 Å². The van der Waals surface area contributed by atoms with Crippen LogP contribution in [0.25, 0.3) is 10.9 Å². The van der Waals surface area contributed by atoms with Crippen LogP contribution in [0.1, 0.15) is 27.8 Å². The fraction of sp³-hybridized carbons (Fsp3) is 0.214. The third-order valence-corrected chi connectivity index (χ3v) is 2.81. The molecule has 0 spiro atoms. The summed E-state index contributed by atoms with van der Waals surface area (Å²) in [5.74, 6) is -1.28. The van der Waals surface area contributed by atoms with Crippen molar-refractivity contribution in [1.29, 1.82) is 0 Å². The number of hydrogen-bond acceptors (Lipinski definition) is 5. The Morgan fingerprint density at radius 1 is 1.30 bits per heavy atom. The van der Waals surface area contributed by atoms with Crippen LogP contribution in [0.2, 0.25) is 0 Å². The van der Waals surface area contributed by atoms with E-state index in [1.165, 1.54) is 13.2 Å². The fourth-order valence-corrected chi connectivity index (χ4v) is 1.83. The number of pyridine rings is 1. The third kappa shape index (κ3) is 2.40. The van der Waals surface area contributed by atoms with E-state index in [2.05, 4.69) is 15.0 Å². The number of carbonyl (C=O) groups is 2. The molecule has 0 atom stereocenters. The Balaban J connectivity index is 2.57. The summed E-state index contributed by atoms with van der Waals surface area (Å²) < 4.78 is 4.58. The number of amides is 1. The molecule has 0 fully saturated rings. The molecule has 6 nitrogen and oxygen atoms in total. The molecule has 0 aliphatic heterocycles. The van der Waals surface area contributed by atoms with Gasteiger partial charge in [-0.3, -0.25) is 4.79 Å². The molecule has 2 rings (SSSR count). The molecule has 2 N–H and O–H groups in total. The number of benzene rings is 1. The maximum Gasteiger partial charge on any atom is 0.341 e. The van der Waals surface area contributed by atoms with Crippen molar-refractivity contribution >= 4 is 22.8 Å². The summed E-state index contributed by atoms with van der Waals surface area (Å²) in [5, 5.41) is 13.3. The first-order valence-electron chi connectivity index (χ1n) is 6.07. The van der Waals surface area contributed by atoms with E-state index in [9.17, 15) is 14.7 Å². The molecule has 1 aromatic heterocycles. The van der Waals surface area contributed by atoms with Gasteiger partial charge in [-0.25, -0.2) is 9.78 Å². The molecule has 20 heavy (non-hydrogen) atoms. The standard InChI is InChI=1S/C14H14N2O4/c1-3-15-13(18)10-7-5-8-4-6-9(14(19)20-2)12(17)11(8)16-10/h4-7,17H,3H2,1-2H3,(H,15,18). The first kappa shape index (κ1) is 13.8. The van der Waals surface area contributed by atoms with E-state index >= 15 is 0 Å². The largest absolute Gasteiger partial charge is 0.505 e. The fourth-order valence-electron chi connectivity index (χ4n) is 1.83. The number of phenolic OH excluding ortho intramolecular Hbond substituents is 1. The van der Waals surface area contributed by atoms with Gasteiger partial charge in [-0.2, -0.15) is 0 Å². The molecule has 0 unspecified atom stereocenters. The molecule has 0 aliphatic rings. The monoisotopic (exact) mass is 274 g/mol. The smallest absolute Gasteiger partial charge is 0.341 e. The van der Waals surface area contributed by atoms with Crippen LogP contribution in [0.3, 0.4) is 0 Å². The second kappa shape index (κ2) is 5.56. The van der Waals surface area contributed by atoms with Crippen molar-refractivity contribution in [3.05, 3.63) is 35.5 Å². The van der Waals surface area contributed by atoms with Gasteiger partial charge < -0.3 is 15.2 Å². The van der Waals surface area contributed by atoms with Crippen LogP contribution >= 0.6 is 0 Å². The number of aromatic hydroxyl groups is 1. The Kier molecular flexibility index (Phi) is 3.84. The number of rotatable bonds is 3. The van der Waals surface area contributed by atoms with Crippen molar-refractivity contribution in [2.75, 3.05) is 13.7 Å². The number of methoxy groups -OCH3 is 1. The van der Waals surface area contributed by atoms with Crippen LogP contribution in [0, 0.1) is 0 Å². The Morgan fingerprint density at radius 3 is 2.65 bits per heavy atom. The Morgan fingerprint density at radius 2 is 2.00 bits per heavy atom. The van der Waals surface area contributed by atoms with Crippen LogP contribution in [-0.4, -0.2) is 35.6 Å². The summed E-state index contributed by atoms with van der Waals surface area (Å²) in [6.07, 6.45) is 0. The van der Waals surface area contributed by atoms with Gasteiger partial charge in [0, 0.05) is 11.9 Å². The lowest BCUT2D eigenvalue weighted by atomic mass is 10.1. The highest BCUT2D eigenvalue weighted by molar-refractivity contribution is 6.01. The minimum Gasteiger partial charge on any atom is -0.505 e. The van der Waals surface area contributed by atoms with Crippen LogP contribution in [0.15, 0.2) is 24.3 Å². The molecule has 6 heteroatoms. The molecule has 0 saturated carbocycles. The maximum atomic E-state index is 11.7. The summed E-state index contributed by atoms with van der Waals surface area (Å²) in [6, 6.07) is 6.31. The Labute approximate surface area is 115 Å². The number of hydrogen-bond donors (Lipinski definition) is 2. The lowest BCUT2D eigenvalue weighted by Crippen LogP contribution is -2.23. The summed E-state index contributed by atoms with van der Waals surface area (Å²) in [7, 11) is 1.23. The van der Waals surface area contributed by atoms with Crippen LogP contribution < -0.4 is 5.32 Å². The van der Waals surface area contributed by atoms with Gasteiger partial charge in [-0.05, 0) is 19.1 Å². The van der Waals surface area contributed by atoms with E-state index in [0.29, 0.717) is 11.9 Å². The summed E-state index contributed by atoms with van der Waals surface area (Å²) in [6.45, 7) is 2.28. The normalized spacial score (nSPS) is 10.3. The highest BCUT2D eigenvalue weighted by Gasteiger charge is 2.16. The van der Waals surface area contributed by atoms with E-state index in [4.69, 9.17) is 0 Å². The molecule has 0 radical (unpaired) electrons. The third-order valence-electron chi connectivity index (χ3n) is 2.81. The van der Waals surface area contributed by atoms with Crippen molar-refractivity contribution in [2.24, 2.45) is 0 Å². The predicted molar refractivity (Wildman–Crippen MR) is 72.8 cm³/mol. The van der Waals surface area contributed by atoms with Gasteiger partial charge in [0.1, 0.15) is 16.8 Å². The second-order valence-corrected chi connectivity index (χ2v) is 4.08. The second-order valence-electron chi connectivity index (χ2n) is 4.08. The van der Waals surface area contributed by atoms with Crippen molar-refractivity contribution < 1.29 is 19.4 Å². The Hall–Kier alpha value is -2.63. The number of nitrogens with one attached hydrogen (secondary N) is 1. The number of phenols is 1. The van der Waals surface area contributed by atoms with Crippen molar-refractivity contribution in [1.82, 2.24) is 10.3 Å². The number of aromatic nitrogens is 1. The van der Waals surface area contributed by atoms with Gasteiger partial charge in [0.15, 0.2) is 5.75 Å². The molecule has 1 amide bonds. The topological polar surface area (TPSA) is 88.5 Å². The zero-order valence-electron chi connectivity index (χ0n) is 11.1. The minimum atomic E-state index is -0.658. The zero-order chi connectivity index (χ0) is 14.7. The Bertz CT molecular complexity index is 682. The number of carbonyl (C=O) groups excluding carboxylic acids is 2. The van der Waals surface area contributed by atoms with Gasteiger partial charge in [-0.15, -0.1) is 0 Å². The molecule has 0 saturated heterocycles. The summed E-state index contributed by atoms with van der Waals surface area (Å²) in [5.41, 5.74) is 0.383. The highest BCUT2D eigenvalue weighted by atomic mass is 16.5. The van der Waals surface area contributed by atoms with E-state index in [1.54, 1.807) is 25.1 Å². The van der Waals surface area contributed by atoms with Gasteiger partial charge >= 0.3 is 5.97 Å². The van der Waals surface area contributed by atoms with Crippen LogP contribution in [0.5, 0.6) is 5.75 Å². The number of nitrogens with zero attached hydrogens (tertiary/aromatic N) is 1. The van der Waals surface area contributed by atoms with E-state index in [1.807, 2.05) is 0 Å². The molecule has 0 aliphatic carbocycles. The number of esters is 1. The highest BCUT2D eigenvalue weighted by Crippen LogP contribution is 2.27. The van der Waals surface area contributed by atoms with Gasteiger partial charge in [-0.1, -0.05) is 12.1 Å². The summed E-state index contributed by atoms with van der Waals surface area (Å²) in [4.78, 5) is 27.3. The van der Waals surface area contributed by atoms with Crippen LogP contribution in [-0.2, 0) is 4.74 Å². The van der Waals surface area contributed by atoms with Gasteiger partial charge in [0.25, 0.3) is 5.91 Å². The summed E-state index contributed by atoms with van der Waals surface area (Å²) >= 11 is 0. The molecule has 104 valence electrons. The first-order chi connectivity index (χ1) is 9.58. The number of fused-ring (bicyclic) bond motifs is 1. The van der Waals surface area contributed by atoms with Gasteiger partial charge in [0.2, 0.25) is 0 Å². The average Bonchev–Trinajstić information content (AvgIpc) is 2.47. The van der Waals surface area contributed by atoms with Crippen molar-refractivity contribution in [2.45, 2.75) is 6.92 Å². The SMILES string of the molecule is CCNC(=O)c1ccc2ccc(C(=O)OC)c(O)c2n1. The van der Waals surface area contributed by atoms with Gasteiger partial charge in [0.05, 0.1) is 7.11 Å². The van der Waals surface area contributed by atoms with E-state index < -0.39 is 5.97 Å². The van der Waals surface area contributed by atoms with Crippen molar-refractivity contribution in [3.63, 3.8) is 0 Å². The minimum absolute atomic E-state index is 0.0144. The first-order valence-corrected chi connectivity index (χ1v) is 6.07. The predicted octanol–water partition coefficient (Wildman–Crippen LogP) is 1.48. The molecular formula is C14H14N2O4. The lowest BCUT2D eigenvalue weighted by Gasteiger charge is -2.07. The molecule has 1 aromatic carbocycles.